The van der Waals surface area contributed by atoms with Crippen LogP contribution in [0.25, 0.3) is 6.08 Å². The number of nitrogens with one attached hydrogen (secondary N) is 1. The first-order valence-corrected chi connectivity index (χ1v) is 11.3. The summed E-state index contributed by atoms with van der Waals surface area (Å²) < 4.78 is 11.1. The van der Waals surface area contributed by atoms with Gasteiger partial charge in [-0.2, -0.15) is 0 Å². The number of phenolic OH excluding ortho intramolecular Hbond substituents is 1. The maximum absolute atomic E-state index is 13.0. The van der Waals surface area contributed by atoms with Gasteiger partial charge in [-0.25, -0.2) is 0 Å². The SMILES string of the molecule is CCOc1ccc(NC(=O)C(C)N2C(=O)/C(=C/c3ccc(O)c(OCC)c3)SC2=S)cc1. The first-order chi connectivity index (χ1) is 15.3. The molecule has 0 saturated carbocycles. The molecule has 0 spiro atoms. The largest absolute Gasteiger partial charge is 0.504 e. The molecular weight excluding hydrogens is 448 g/mol. The van der Waals surface area contributed by atoms with E-state index in [1.54, 1.807) is 49.4 Å². The van der Waals surface area contributed by atoms with Crippen LogP contribution in [-0.4, -0.2) is 45.4 Å². The number of anilines is 1. The third-order valence-electron chi connectivity index (χ3n) is 4.60. The molecule has 7 nitrogen and oxygen atoms in total. The maximum Gasteiger partial charge on any atom is 0.266 e. The van der Waals surface area contributed by atoms with Crippen molar-refractivity contribution in [1.29, 1.82) is 0 Å². The van der Waals surface area contributed by atoms with E-state index < -0.39 is 6.04 Å². The summed E-state index contributed by atoms with van der Waals surface area (Å²) in [6.07, 6.45) is 1.67. The molecule has 9 heteroatoms. The number of rotatable bonds is 8. The number of nitrogens with zero attached hydrogens (tertiary/aromatic N) is 1. The summed E-state index contributed by atoms with van der Waals surface area (Å²) in [5, 5.41) is 12.7. The number of aromatic hydroxyl groups is 1. The topological polar surface area (TPSA) is 88.1 Å². The quantitative estimate of drug-likeness (QED) is 0.434. The molecule has 32 heavy (non-hydrogen) atoms. The minimum absolute atomic E-state index is 0.0242. The number of benzene rings is 2. The Bertz CT molecular complexity index is 1050. The fourth-order valence-electron chi connectivity index (χ4n) is 3.02. The molecule has 0 aromatic heterocycles. The van der Waals surface area contributed by atoms with Gasteiger partial charge in [0.2, 0.25) is 5.91 Å². The lowest BCUT2D eigenvalue weighted by Gasteiger charge is -2.22. The Hall–Kier alpha value is -3.04. The Kier molecular flexibility index (Phi) is 7.76. The van der Waals surface area contributed by atoms with Crippen LogP contribution in [0.1, 0.15) is 26.3 Å². The smallest absolute Gasteiger partial charge is 0.266 e. The minimum Gasteiger partial charge on any atom is -0.504 e. The second kappa shape index (κ2) is 10.5. The molecule has 2 aromatic rings. The second-order valence-corrected chi connectivity index (χ2v) is 8.51. The molecule has 1 unspecified atom stereocenters. The molecule has 0 radical (unpaired) electrons. The van der Waals surface area contributed by atoms with E-state index >= 15 is 0 Å². The lowest BCUT2D eigenvalue weighted by atomic mass is 10.1. The Morgan fingerprint density at radius 3 is 2.53 bits per heavy atom. The summed E-state index contributed by atoms with van der Waals surface area (Å²) in [6, 6.07) is 11.0. The standard InChI is InChI=1S/C23H24N2O5S2/c1-4-29-17-9-7-16(8-10-17)24-21(27)14(3)25-22(28)20(32-23(25)31)13-15-6-11-18(26)19(12-15)30-5-2/h6-14,26H,4-5H2,1-3H3,(H,24,27)/b20-13-. The van der Waals surface area contributed by atoms with Gasteiger partial charge in [0.25, 0.3) is 5.91 Å². The number of thiocarbonyl (C=S) groups is 1. The molecule has 0 aliphatic carbocycles. The molecule has 1 aliphatic heterocycles. The number of carbonyl (C=O) groups excluding carboxylic acids is 2. The van der Waals surface area contributed by atoms with E-state index in [9.17, 15) is 14.7 Å². The summed E-state index contributed by atoms with van der Waals surface area (Å²) in [4.78, 5) is 27.4. The predicted octanol–water partition coefficient (Wildman–Crippen LogP) is 4.42. The van der Waals surface area contributed by atoms with E-state index in [4.69, 9.17) is 21.7 Å². The van der Waals surface area contributed by atoms with Crippen LogP contribution in [-0.2, 0) is 9.59 Å². The van der Waals surface area contributed by atoms with Gasteiger partial charge in [0.15, 0.2) is 11.5 Å². The lowest BCUT2D eigenvalue weighted by molar-refractivity contribution is -0.129. The highest BCUT2D eigenvalue weighted by Crippen LogP contribution is 2.35. The Labute approximate surface area is 196 Å². The van der Waals surface area contributed by atoms with Crippen LogP contribution in [0.2, 0.25) is 0 Å². The van der Waals surface area contributed by atoms with Crippen molar-refractivity contribution >= 4 is 51.9 Å². The highest BCUT2D eigenvalue weighted by molar-refractivity contribution is 8.26. The van der Waals surface area contributed by atoms with Gasteiger partial charge in [0.05, 0.1) is 18.1 Å². The van der Waals surface area contributed by atoms with Gasteiger partial charge in [-0.05, 0) is 68.8 Å². The van der Waals surface area contributed by atoms with Crippen molar-refractivity contribution in [2.24, 2.45) is 0 Å². The normalized spacial score (nSPS) is 15.7. The lowest BCUT2D eigenvalue weighted by Crippen LogP contribution is -2.44. The zero-order valence-electron chi connectivity index (χ0n) is 18.0. The number of amides is 2. The highest BCUT2D eigenvalue weighted by atomic mass is 32.2. The Morgan fingerprint density at radius 2 is 1.88 bits per heavy atom. The van der Waals surface area contributed by atoms with Crippen LogP contribution < -0.4 is 14.8 Å². The molecule has 1 aliphatic rings. The highest BCUT2D eigenvalue weighted by Gasteiger charge is 2.38. The third-order valence-corrected chi connectivity index (χ3v) is 5.94. The van der Waals surface area contributed by atoms with Crippen molar-refractivity contribution in [3.8, 4) is 17.2 Å². The molecule has 2 amide bonds. The number of carbonyl (C=O) groups is 2. The molecular formula is C23H24N2O5S2. The van der Waals surface area contributed by atoms with E-state index in [-0.39, 0.29) is 17.6 Å². The summed E-state index contributed by atoms with van der Waals surface area (Å²) in [7, 11) is 0. The molecule has 1 saturated heterocycles. The van der Waals surface area contributed by atoms with Crippen molar-refractivity contribution in [1.82, 2.24) is 4.90 Å². The van der Waals surface area contributed by atoms with E-state index in [0.29, 0.717) is 45.2 Å². The number of thioether (sulfide) groups is 1. The summed E-state index contributed by atoms with van der Waals surface area (Å²) >= 11 is 6.50. The molecule has 0 bridgehead atoms. The number of hydrogen-bond donors (Lipinski definition) is 2. The van der Waals surface area contributed by atoms with Gasteiger partial charge in [-0.1, -0.05) is 30.0 Å². The molecule has 1 heterocycles. The van der Waals surface area contributed by atoms with E-state index in [2.05, 4.69) is 5.32 Å². The van der Waals surface area contributed by atoms with Crippen molar-refractivity contribution in [3.05, 3.63) is 52.9 Å². The van der Waals surface area contributed by atoms with Crippen LogP contribution in [0.15, 0.2) is 47.4 Å². The van der Waals surface area contributed by atoms with Crippen LogP contribution in [0.5, 0.6) is 17.2 Å². The molecule has 2 N–H and O–H groups in total. The summed E-state index contributed by atoms with van der Waals surface area (Å²) in [5.74, 6) is 0.369. The fourth-order valence-corrected chi connectivity index (χ4v) is 4.44. The average Bonchev–Trinajstić information content (AvgIpc) is 3.04. The molecule has 2 aromatic carbocycles. The average molecular weight is 473 g/mol. The first kappa shape index (κ1) is 23.6. The molecule has 168 valence electrons. The van der Waals surface area contributed by atoms with Gasteiger partial charge in [-0.15, -0.1) is 0 Å². The number of phenols is 1. The van der Waals surface area contributed by atoms with Gasteiger partial charge < -0.3 is 19.9 Å². The zero-order valence-corrected chi connectivity index (χ0v) is 19.6. The van der Waals surface area contributed by atoms with Crippen molar-refractivity contribution in [2.75, 3.05) is 18.5 Å². The number of ether oxygens (including phenoxy) is 2. The predicted molar refractivity (Wildman–Crippen MR) is 130 cm³/mol. The van der Waals surface area contributed by atoms with Crippen LogP contribution >= 0.6 is 24.0 Å². The monoisotopic (exact) mass is 472 g/mol. The van der Waals surface area contributed by atoms with Crippen LogP contribution in [0.4, 0.5) is 5.69 Å². The summed E-state index contributed by atoms with van der Waals surface area (Å²) in [5.41, 5.74) is 1.28. The minimum atomic E-state index is -0.793. The first-order valence-electron chi connectivity index (χ1n) is 10.1. The van der Waals surface area contributed by atoms with Crippen molar-refractivity contribution in [3.63, 3.8) is 0 Å². The zero-order chi connectivity index (χ0) is 23.3. The van der Waals surface area contributed by atoms with E-state index in [1.807, 2.05) is 13.8 Å². The fraction of sp³-hybridized carbons (Fsp3) is 0.261. The molecule has 3 rings (SSSR count). The Balaban J connectivity index is 1.72. The van der Waals surface area contributed by atoms with Crippen molar-refractivity contribution in [2.45, 2.75) is 26.8 Å². The van der Waals surface area contributed by atoms with E-state index in [0.717, 1.165) is 11.8 Å². The second-order valence-electron chi connectivity index (χ2n) is 6.83. The van der Waals surface area contributed by atoms with Gasteiger partial charge in [-0.3, -0.25) is 14.5 Å². The Morgan fingerprint density at radius 1 is 1.19 bits per heavy atom. The van der Waals surface area contributed by atoms with E-state index in [1.165, 1.54) is 11.0 Å². The number of hydrogen-bond acceptors (Lipinski definition) is 7. The van der Waals surface area contributed by atoms with Crippen LogP contribution in [0.3, 0.4) is 0 Å². The van der Waals surface area contributed by atoms with Crippen molar-refractivity contribution < 1.29 is 24.2 Å². The van der Waals surface area contributed by atoms with Gasteiger partial charge in [0.1, 0.15) is 16.1 Å². The van der Waals surface area contributed by atoms with Gasteiger partial charge >= 0.3 is 0 Å². The molecule has 1 fully saturated rings. The van der Waals surface area contributed by atoms with Gasteiger partial charge in [0, 0.05) is 5.69 Å². The third kappa shape index (κ3) is 5.41. The molecule has 1 atom stereocenters. The summed E-state index contributed by atoms with van der Waals surface area (Å²) in [6.45, 7) is 6.30. The maximum atomic E-state index is 13.0. The van der Waals surface area contributed by atoms with Crippen LogP contribution in [0, 0.1) is 0 Å².